The number of nitrogens with one attached hydrogen (secondary N) is 2. The number of rotatable bonds is 8. The van der Waals surface area contributed by atoms with Gasteiger partial charge in [-0.25, -0.2) is 13.1 Å². The van der Waals surface area contributed by atoms with Crippen molar-refractivity contribution in [1.82, 2.24) is 10.0 Å². The van der Waals surface area contributed by atoms with Crippen LogP contribution < -0.4 is 14.8 Å². The smallest absolute Gasteiger partial charge is 0.252 e. The van der Waals surface area contributed by atoms with E-state index < -0.39 is 15.9 Å². The molecule has 0 aromatic heterocycles. The average Bonchev–Trinajstić information content (AvgIpc) is 2.70. The Kier molecular flexibility index (Phi) is 6.97. The molecule has 0 unspecified atom stereocenters. The molecule has 0 aliphatic rings. The number of halogens is 1. The molecule has 1 amide bonds. The number of carbonyl (C=O) groups excluding carboxylic acids is 1. The third-order valence-electron chi connectivity index (χ3n) is 4.26. The van der Waals surface area contributed by atoms with Crippen molar-refractivity contribution in [2.24, 2.45) is 0 Å². The molecule has 0 aliphatic heterocycles. The molecule has 3 aromatic rings. The van der Waals surface area contributed by atoms with Crippen molar-refractivity contribution in [2.45, 2.75) is 24.8 Å². The second-order valence-corrected chi connectivity index (χ2v) is 9.15. The standard InChI is InChI=1S/C22H23ClN2O4S/c1-15(2)25-30(27,28)19-9-10-21(23)20(14-19)22(26)24-11-12-29-18-8-7-16-5-3-4-6-17(16)13-18/h3-10,13-15,25H,11-12H2,1-2H3,(H,24,26). The first-order chi connectivity index (χ1) is 14.3. The highest BCUT2D eigenvalue weighted by Crippen LogP contribution is 2.22. The predicted octanol–water partition coefficient (Wildman–Crippen LogP) is 3.99. The molecule has 2 N–H and O–H groups in total. The zero-order chi connectivity index (χ0) is 21.7. The van der Waals surface area contributed by atoms with Crippen molar-refractivity contribution < 1.29 is 17.9 Å². The zero-order valence-electron chi connectivity index (χ0n) is 16.7. The number of ether oxygens (including phenoxy) is 1. The van der Waals surface area contributed by atoms with Gasteiger partial charge < -0.3 is 10.1 Å². The molecular weight excluding hydrogens is 424 g/mol. The molecule has 0 fully saturated rings. The number of fused-ring (bicyclic) bond motifs is 1. The Morgan fingerprint density at radius 1 is 1.03 bits per heavy atom. The molecule has 158 valence electrons. The van der Waals surface area contributed by atoms with Gasteiger partial charge in [-0.1, -0.05) is 41.9 Å². The monoisotopic (exact) mass is 446 g/mol. The van der Waals surface area contributed by atoms with Crippen LogP contribution >= 0.6 is 11.6 Å². The minimum atomic E-state index is -3.72. The molecule has 3 rings (SSSR count). The molecule has 0 aliphatic carbocycles. The van der Waals surface area contributed by atoms with Gasteiger partial charge >= 0.3 is 0 Å². The van der Waals surface area contributed by atoms with Crippen LogP contribution in [0.25, 0.3) is 10.8 Å². The quantitative estimate of drug-likeness (QED) is 0.512. The van der Waals surface area contributed by atoms with Crippen LogP contribution in [0.1, 0.15) is 24.2 Å². The molecule has 0 saturated carbocycles. The highest BCUT2D eigenvalue weighted by Gasteiger charge is 2.19. The molecule has 0 saturated heterocycles. The Balaban J connectivity index is 1.61. The summed E-state index contributed by atoms with van der Waals surface area (Å²) in [4.78, 5) is 12.5. The first-order valence-corrected chi connectivity index (χ1v) is 11.3. The summed E-state index contributed by atoms with van der Waals surface area (Å²) in [6.07, 6.45) is 0. The van der Waals surface area contributed by atoms with Gasteiger partial charge in [0.15, 0.2) is 0 Å². The lowest BCUT2D eigenvalue weighted by Gasteiger charge is -2.12. The lowest BCUT2D eigenvalue weighted by molar-refractivity contribution is 0.0947. The summed E-state index contributed by atoms with van der Waals surface area (Å²) in [6, 6.07) is 17.5. The fraction of sp³-hybridized carbons (Fsp3) is 0.227. The topological polar surface area (TPSA) is 84.5 Å². The van der Waals surface area contributed by atoms with Crippen molar-refractivity contribution in [3.63, 3.8) is 0 Å². The van der Waals surface area contributed by atoms with Crippen molar-refractivity contribution in [1.29, 1.82) is 0 Å². The summed E-state index contributed by atoms with van der Waals surface area (Å²) in [5, 5.41) is 5.06. The number of hydrogen-bond donors (Lipinski definition) is 2. The molecule has 0 atom stereocenters. The van der Waals surface area contributed by atoms with E-state index in [0.29, 0.717) is 5.75 Å². The van der Waals surface area contributed by atoms with Gasteiger partial charge in [0, 0.05) is 6.04 Å². The Morgan fingerprint density at radius 2 is 1.77 bits per heavy atom. The summed E-state index contributed by atoms with van der Waals surface area (Å²) in [7, 11) is -3.72. The largest absolute Gasteiger partial charge is 0.492 e. The molecule has 8 heteroatoms. The maximum Gasteiger partial charge on any atom is 0.252 e. The fourth-order valence-electron chi connectivity index (χ4n) is 2.91. The zero-order valence-corrected chi connectivity index (χ0v) is 18.3. The van der Waals surface area contributed by atoms with Crippen molar-refractivity contribution in [2.75, 3.05) is 13.2 Å². The second-order valence-electron chi connectivity index (χ2n) is 7.03. The van der Waals surface area contributed by atoms with Gasteiger partial charge in [-0.05, 0) is 55.0 Å². The van der Waals surface area contributed by atoms with Gasteiger partial charge in [-0.3, -0.25) is 4.79 Å². The summed E-state index contributed by atoms with van der Waals surface area (Å²) in [5.41, 5.74) is 0.0917. The van der Waals surface area contributed by atoms with Crippen LogP contribution in [0, 0.1) is 0 Å². The summed E-state index contributed by atoms with van der Waals surface area (Å²) in [5.74, 6) is 0.234. The molecule has 3 aromatic carbocycles. The maximum atomic E-state index is 12.5. The molecule has 0 heterocycles. The van der Waals surface area contributed by atoms with Crippen LogP contribution in [0.3, 0.4) is 0 Å². The maximum absolute atomic E-state index is 12.5. The van der Waals surface area contributed by atoms with Crippen LogP contribution in [0.4, 0.5) is 0 Å². The SMILES string of the molecule is CC(C)NS(=O)(=O)c1ccc(Cl)c(C(=O)NCCOc2ccc3ccccc3c2)c1. The minimum absolute atomic E-state index is 0.0156. The Hall–Kier alpha value is -2.61. The first-order valence-electron chi connectivity index (χ1n) is 9.48. The van der Waals surface area contributed by atoms with Crippen LogP contribution in [0.2, 0.25) is 5.02 Å². The van der Waals surface area contributed by atoms with E-state index >= 15 is 0 Å². The van der Waals surface area contributed by atoms with Crippen molar-refractivity contribution >= 4 is 38.3 Å². The summed E-state index contributed by atoms with van der Waals surface area (Å²) >= 11 is 6.10. The molecule has 0 bridgehead atoms. The Bertz CT molecular complexity index is 1160. The predicted molar refractivity (Wildman–Crippen MR) is 119 cm³/mol. The third-order valence-corrected chi connectivity index (χ3v) is 6.25. The van der Waals surface area contributed by atoms with E-state index in [4.69, 9.17) is 16.3 Å². The highest BCUT2D eigenvalue weighted by molar-refractivity contribution is 7.89. The molecular formula is C22H23ClN2O4S. The Labute approximate surface area is 181 Å². The first kappa shape index (κ1) is 22.1. The number of hydrogen-bond acceptors (Lipinski definition) is 4. The van der Waals surface area contributed by atoms with Gasteiger partial charge in [-0.15, -0.1) is 0 Å². The van der Waals surface area contributed by atoms with Crippen molar-refractivity contribution in [3.05, 3.63) is 71.2 Å². The number of amides is 1. The van der Waals surface area contributed by atoms with E-state index in [9.17, 15) is 13.2 Å². The van der Waals surface area contributed by atoms with E-state index in [-0.39, 0.29) is 34.7 Å². The van der Waals surface area contributed by atoms with E-state index in [2.05, 4.69) is 10.0 Å². The lowest BCUT2D eigenvalue weighted by atomic mass is 10.1. The van der Waals surface area contributed by atoms with Gasteiger partial charge in [0.05, 0.1) is 22.0 Å². The molecule has 30 heavy (non-hydrogen) atoms. The molecule has 0 radical (unpaired) electrons. The van der Waals surface area contributed by atoms with E-state index in [1.807, 2.05) is 42.5 Å². The average molecular weight is 447 g/mol. The molecule has 0 spiro atoms. The summed E-state index contributed by atoms with van der Waals surface area (Å²) < 4.78 is 32.8. The third kappa shape index (κ3) is 5.50. The van der Waals surface area contributed by atoms with Crippen LogP contribution in [0.5, 0.6) is 5.75 Å². The highest BCUT2D eigenvalue weighted by atomic mass is 35.5. The fourth-order valence-corrected chi connectivity index (χ4v) is 4.39. The second kappa shape index (κ2) is 9.47. The number of sulfonamides is 1. The van der Waals surface area contributed by atoms with Crippen LogP contribution in [-0.4, -0.2) is 33.5 Å². The lowest BCUT2D eigenvalue weighted by Crippen LogP contribution is -2.31. The van der Waals surface area contributed by atoms with Gasteiger partial charge in [0.2, 0.25) is 10.0 Å². The van der Waals surface area contributed by atoms with Crippen LogP contribution in [-0.2, 0) is 10.0 Å². The Morgan fingerprint density at radius 3 is 2.50 bits per heavy atom. The van der Waals surface area contributed by atoms with Gasteiger partial charge in [0.25, 0.3) is 5.91 Å². The van der Waals surface area contributed by atoms with E-state index in [1.165, 1.54) is 18.2 Å². The normalized spacial score (nSPS) is 11.6. The van der Waals surface area contributed by atoms with Gasteiger partial charge in [0.1, 0.15) is 12.4 Å². The van der Waals surface area contributed by atoms with E-state index in [0.717, 1.165) is 10.8 Å². The molecule has 6 nitrogen and oxygen atoms in total. The number of carbonyl (C=O) groups is 1. The van der Waals surface area contributed by atoms with Crippen LogP contribution in [0.15, 0.2) is 65.6 Å². The van der Waals surface area contributed by atoms with Gasteiger partial charge in [-0.2, -0.15) is 0 Å². The van der Waals surface area contributed by atoms with Crippen molar-refractivity contribution in [3.8, 4) is 5.75 Å². The minimum Gasteiger partial charge on any atom is -0.492 e. The summed E-state index contributed by atoms with van der Waals surface area (Å²) in [6.45, 7) is 3.94. The van der Waals surface area contributed by atoms with E-state index in [1.54, 1.807) is 13.8 Å². The number of benzene rings is 3.